The molecule has 1 aromatic rings. The lowest BCUT2D eigenvalue weighted by Gasteiger charge is -2.43. The molecule has 0 radical (unpaired) electrons. The Morgan fingerprint density at radius 3 is 2.95 bits per heavy atom. The number of hydrogen-bond acceptors (Lipinski definition) is 3. The van der Waals surface area contributed by atoms with Crippen molar-refractivity contribution in [3.05, 3.63) is 28.2 Å². The average molecular weight is 328 g/mol. The predicted octanol–water partition coefficient (Wildman–Crippen LogP) is 2.00. The molecule has 19 heavy (non-hydrogen) atoms. The lowest BCUT2D eigenvalue weighted by molar-refractivity contribution is 0.0876. The highest BCUT2D eigenvalue weighted by Gasteiger charge is 2.47. The Balaban J connectivity index is 1.78. The highest BCUT2D eigenvalue weighted by Crippen LogP contribution is 2.39. The van der Waals surface area contributed by atoms with Crippen molar-refractivity contribution in [2.24, 2.45) is 0 Å². The Kier molecular flexibility index (Phi) is 3.30. The van der Waals surface area contributed by atoms with Gasteiger partial charge in [-0.2, -0.15) is 0 Å². The highest BCUT2D eigenvalue weighted by atomic mass is 79.9. The zero-order valence-corrected chi connectivity index (χ0v) is 12.0. The van der Waals surface area contributed by atoms with Crippen LogP contribution in [0.3, 0.4) is 0 Å². The van der Waals surface area contributed by atoms with Gasteiger partial charge in [-0.3, -0.25) is 9.78 Å². The molecule has 3 rings (SSSR count). The standard InChI is InChI=1S/C13H15BrFN3O/c14-8-6-16-7-9(15)11(8)12(19)18-10-2-5-17-13(10)3-1-4-13/h6-7,10,17H,1-5H2,(H,18,19). The molecule has 102 valence electrons. The van der Waals surface area contributed by atoms with E-state index in [4.69, 9.17) is 0 Å². The molecule has 6 heteroatoms. The van der Waals surface area contributed by atoms with Gasteiger partial charge in [0.15, 0.2) is 5.82 Å². The molecule has 1 saturated carbocycles. The molecule has 2 heterocycles. The van der Waals surface area contributed by atoms with E-state index in [0.29, 0.717) is 4.47 Å². The van der Waals surface area contributed by atoms with Gasteiger partial charge in [0, 0.05) is 17.8 Å². The molecule has 1 aromatic heterocycles. The molecule has 2 fully saturated rings. The largest absolute Gasteiger partial charge is 0.347 e. The van der Waals surface area contributed by atoms with E-state index in [9.17, 15) is 9.18 Å². The SMILES string of the molecule is O=C(NC1CCNC12CCC2)c1c(F)cncc1Br. The van der Waals surface area contributed by atoms with Crippen LogP contribution in [0.15, 0.2) is 16.9 Å². The van der Waals surface area contributed by atoms with Gasteiger partial charge in [-0.15, -0.1) is 0 Å². The molecule has 1 aliphatic heterocycles. The third kappa shape index (κ3) is 2.17. The Bertz CT molecular complexity index is 498. The number of rotatable bonds is 2. The minimum atomic E-state index is -0.597. The highest BCUT2D eigenvalue weighted by molar-refractivity contribution is 9.10. The summed E-state index contributed by atoms with van der Waals surface area (Å²) in [6.45, 7) is 0.908. The van der Waals surface area contributed by atoms with E-state index in [1.807, 2.05) is 0 Å². The predicted molar refractivity (Wildman–Crippen MR) is 72.4 cm³/mol. The van der Waals surface area contributed by atoms with Gasteiger partial charge in [-0.05, 0) is 48.2 Å². The molecule has 1 aliphatic carbocycles. The fourth-order valence-corrected chi connectivity index (χ4v) is 3.50. The van der Waals surface area contributed by atoms with E-state index in [2.05, 4.69) is 31.5 Å². The summed E-state index contributed by atoms with van der Waals surface area (Å²) in [5, 5.41) is 6.44. The first-order valence-corrected chi connectivity index (χ1v) is 7.27. The number of pyridine rings is 1. The first kappa shape index (κ1) is 13.0. The van der Waals surface area contributed by atoms with E-state index >= 15 is 0 Å². The zero-order valence-electron chi connectivity index (χ0n) is 10.4. The quantitative estimate of drug-likeness (QED) is 0.873. The van der Waals surface area contributed by atoms with Crippen molar-refractivity contribution in [2.45, 2.75) is 37.3 Å². The van der Waals surface area contributed by atoms with Gasteiger partial charge in [0.05, 0.1) is 16.2 Å². The summed E-state index contributed by atoms with van der Waals surface area (Å²) in [6.07, 6.45) is 6.74. The smallest absolute Gasteiger partial charge is 0.255 e. The summed E-state index contributed by atoms with van der Waals surface area (Å²) >= 11 is 3.18. The van der Waals surface area contributed by atoms with Crippen molar-refractivity contribution in [2.75, 3.05) is 6.54 Å². The fraction of sp³-hybridized carbons (Fsp3) is 0.538. The minimum Gasteiger partial charge on any atom is -0.347 e. The third-order valence-electron chi connectivity index (χ3n) is 4.21. The summed E-state index contributed by atoms with van der Waals surface area (Å²) in [6, 6.07) is 0.0909. The Hall–Kier alpha value is -1.01. The maximum absolute atomic E-state index is 13.7. The number of carbonyl (C=O) groups excluding carboxylic acids is 1. The van der Waals surface area contributed by atoms with Gasteiger partial charge in [-0.1, -0.05) is 0 Å². The molecule has 1 amide bonds. The van der Waals surface area contributed by atoms with Gasteiger partial charge in [0.2, 0.25) is 0 Å². The maximum Gasteiger partial charge on any atom is 0.255 e. The van der Waals surface area contributed by atoms with Crippen LogP contribution in [0.2, 0.25) is 0 Å². The van der Waals surface area contributed by atoms with E-state index < -0.39 is 5.82 Å². The molecule has 2 N–H and O–H groups in total. The number of amides is 1. The van der Waals surface area contributed by atoms with Gasteiger partial charge in [-0.25, -0.2) is 4.39 Å². The fourth-order valence-electron chi connectivity index (χ4n) is 3.02. The van der Waals surface area contributed by atoms with Crippen molar-refractivity contribution < 1.29 is 9.18 Å². The van der Waals surface area contributed by atoms with Crippen LogP contribution >= 0.6 is 15.9 Å². The second kappa shape index (κ2) is 4.83. The van der Waals surface area contributed by atoms with Crippen LogP contribution < -0.4 is 10.6 Å². The van der Waals surface area contributed by atoms with Crippen LogP contribution in [0.4, 0.5) is 4.39 Å². The van der Waals surface area contributed by atoms with Crippen LogP contribution in [0.25, 0.3) is 0 Å². The van der Waals surface area contributed by atoms with Crippen LogP contribution in [0.1, 0.15) is 36.0 Å². The molecular formula is C13H15BrFN3O. The summed E-state index contributed by atoms with van der Waals surface area (Å²) in [7, 11) is 0. The lowest BCUT2D eigenvalue weighted by Crippen LogP contribution is -2.59. The summed E-state index contributed by atoms with van der Waals surface area (Å²) in [5.74, 6) is -0.966. The number of nitrogens with one attached hydrogen (secondary N) is 2. The topological polar surface area (TPSA) is 54.0 Å². The zero-order chi connectivity index (χ0) is 13.5. The number of aromatic nitrogens is 1. The number of carbonyl (C=O) groups is 1. The van der Waals surface area contributed by atoms with Crippen molar-refractivity contribution in [3.63, 3.8) is 0 Å². The van der Waals surface area contributed by atoms with Crippen LogP contribution in [0.5, 0.6) is 0 Å². The Morgan fingerprint density at radius 2 is 2.32 bits per heavy atom. The molecular weight excluding hydrogens is 313 g/mol. The monoisotopic (exact) mass is 327 g/mol. The van der Waals surface area contributed by atoms with Crippen LogP contribution in [0, 0.1) is 5.82 Å². The number of hydrogen-bond donors (Lipinski definition) is 2. The van der Waals surface area contributed by atoms with Crippen molar-refractivity contribution in [1.29, 1.82) is 0 Å². The Morgan fingerprint density at radius 1 is 1.53 bits per heavy atom. The maximum atomic E-state index is 13.7. The average Bonchev–Trinajstić information content (AvgIpc) is 2.72. The van der Waals surface area contributed by atoms with Gasteiger partial charge in [0.1, 0.15) is 0 Å². The molecule has 1 spiro atoms. The molecule has 1 saturated heterocycles. The summed E-state index contributed by atoms with van der Waals surface area (Å²) < 4.78 is 14.1. The molecule has 1 atom stereocenters. The number of nitrogens with zero attached hydrogens (tertiary/aromatic N) is 1. The van der Waals surface area contributed by atoms with E-state index in [1.54, 1.807) is 0 Å². The molecule has 0 aromatic carbocycles. The van der Waals surface area contributed by atoms with Gasteiger partial charge >= 0.3 is 0 Å². The van der Waals surface area contributed by atoms with E-state index in [-0.39, 0.29) is 23.1 Å². The van der Waals surface area contributed by atoms with Crippen molar-refractivity contribution >= 4 is 21.8 Å². The van der Waals surface area contributed by atoms with Crippen LogP contribution in [-0.4, -0.2) is 29.0 Å². The van der Waals surface area contributed by atoms with E-state index in [0.717, 1.165) is 32.0 Å². The normalized spacial score (nSPS) is 24.2. The van der Waals surface area contributed by atoms with Crippen molar-refractivity contribution in [1.82, 2.24) is 15.6 Å². The van der Waals surface area contributed by atoms with Crippen molar-refractivity contribution in [3.8, 4) is 0 Å². The molecule has 0 bridgehead atoms. The lowest BCUT2D eigenvalue weighted by atomic mass is 9.73. The van der Waals surface area contributed by atoms with E-state index in [1.165, 1.54) is 12.6 Å². The van der Waals surface area contributed by atoms with Gasteiger partial charge < -0.3 is 10.6 Å². The number of halogens is 2. The molecule has 4 nitrogen and oxygen atoms in total. The summed E-state index contributed by atoms with van der Waals surface area (Å²) in [5.41, 5.74) is 0.0856. The first-order chi connectivity index (χ1) is 9.12. The molecule has 1 unspecified atom stereocenters. The second-order valence-corrected chi connectivity index (χ2v) is 6.08. The summed E-state index contributed by atoms with van der Waals surface area (Å²) in [4.78, 5) is 15.9. The molecule has 2 aliphatic rings. The second-order valence-electron chi connectivity index (χ2n) is 5.23. The van der Waals surface area contributed by atoms with Gasteiger partial charge in [0.25, 0.3) is 5.91 Å². The first-order valence-electron chi connectivity index (χ1n) is 6.47. The minimum absolute atomic E-state index is 0.0383. The van der Waals surface area contributed by atoms with Crippen LogP contribution in [-0.2, 0) is 0 Å². The Labute approximate surface area is 119 Å². The third-order valence-corrected chi connectivity index (χ3v) is 4.81.